The van der Waals surface area contributed by atoms with Crippen LogP contribution in [0.3, 0.4) is 0 Å². The van der Waals surface area contributed by atoms with Crippen molar-refractivity contribution in [1.82, 2.24) is 9.88 Å². The molecular weight excluding hydrogens is 250 g/mol. The van der Waals surface area contributed by atoms with Crippen molar-refractivity contribution in [2.24, 2.45) is 0 Å². The molecule has 1 aliphatic rings. The molecule has 0 spiro atoms. The van der Waals surface area contributed by atoms with Gasteiger partial charge >= 0.3 is 0 Å². The number of aliphatic hydroxyl groups excluding tert-OH is 1. The number of rotatable bonds is 4. The second-order valence-electron chi connectivity index (χ2n) is 4.66. The molecule has 4 nitrogen and oxygen atoms in total. The minimum Gasteiger partial charge on any atom is -0.393 e. The van der Waals surface area contributed by atoms with Crippen LogP contribution < -0.4 is 5.32 Å². The molecule has 0 aliphatic carbocycles. The molecule has 1 aromatic heterocycles. The van der Waals surface area contributed by atoms with Crippen LogP contribution in [0.2, 0.25) is 5.02 Å². The van der Waals surface area contributed by atoms with Crippen LogP contribution in [-0.2, 0) is 6.54 Å². The van der Waals surface area contributed by atoms with Crippen LogP contribution >= 0.6 is 11.6 Å². The standard InChI is InChI=1S/C13H20ClN3O/c1-2-15-13-4-3-11(14)12(16-13)9-17-7-5-10(18)6-8-17/h3-4,10,18H,2,5-9H2,1H3,(H,15,16). The van der Waals surface area contributed by atoms with Gasteiger partial charge in [-0.25, -0.2) is 4.98 Å². The van der Waals surface area contributed by atoms with Crippen LogP contribution in [0.15, 0.2) is 12.1 Å². The van der Waals surface area contributed by atoms with Crippen LogP contribution in [0.25, 0.3) is 0 Å². The van der Waals surface area contributed by atoms with E-state index < -0.39 is 0 Å². The molecule has 0 atom stereocenters. The first-order valence-corrected chi connectivity index (χ1v) is 6.86. The number of piperidine rings is 1. The number of hydrogen-bond acceptors (Lipinski definition) is 4. The van der Waals surface area contributed by atoms with Gasteiger partial charge in [0.25, 0.3) is 0 Å². The van der Waals surface area contributed by atoms with E-state index in [1.54, 1.807) is 0 Å². The topological polar surface area (TPSA) is 48.4 Å². The van der Waals surface area contributed by atoms with Crippen molar-refractivity contribution >= 4 is 17.4 Å². The zero-order valence-corrected chi connectivity index (χ0v) is 11.5. The van der Waals surface area contributed by atoms with Gasteiger partial charge in [0.05, 0.1) is 16.8 Å². The first-order valence-electron chi connectivity index (χ1n) is 6.48. The highest BCUT2D eigenvalue weighted by molar-refractivity contribution is 6.31. The highest BCUT2D eigenvalue weighted by Gasteiger charge is 2.18. The number of hydrogen-bond donors (Lipinski definition) is 2. The monoisotopic (exact) mass is 269 g/mol. The summed E-state index contributed by atoms with van der Waals surface area (Å²) in [6.07, 6.45) is 1.53. The van der Waals surface area contributed by atoms with E-state index in [-0.39, 0.29) is 6.10 Å². The van der Waals surface area contributed by atoms with Crippen LogP contribution in [0.5, 0.6) is 0 Å². The molecule has 0 saturated carbocycles. The molecule has 0 aromatic carbocycles. The number of nitrogens with one attached hydrogen (secondary N) is 1. The van der Waals surface area contributed by atoms with Gasteiger partial charge in [0, 0.05) is 26.2 Å². The Morgan fingerprint density at radius 1 is 1.44 bits per heavy atom. The molecule has 2 rings (SSSR count). The lowest BCUT2D eigenvalue weighted by Gasteiger charge is -2.29. The van der Waals surface area contributed by atoms with Crippen molar-refractivity contribution in [3.05, 3.63) is 22.8 Å². The Morgan fingerprint density at radius 2 is 2.17 bits per heavy atom. The van der Waals surface area contributed by atoms with Gasteiger partial charge in [0.2, 0.25) is 0 Å². The minimum atomic E-state index is -0.141. The second-order valence-corrected chi connectivity index (χ2v) is 5.07. The van der Waals surface area contributed by atoms with Crippen molar-refractivity contribution in [2.75, 3.05) is 25.0 Å². The van der Waals surface area contributed by atoms with Crippen LogP contribution in [-0.4, -0.2) is 40.7 Å². The molecule has 0 amide bonds. The zero-order chi connectivity index (χ0) is 13.0. The molecule has 1 saturated heterocycles. The van der Waals surface area contributed by atoms with E-state index in [0.717, 1.165) is 50.5 Å². The molecule has 1 aromatic rings. The van der Waals surface area contributed by atoms with Crippen LogP contribution in [0.1, 0.15) is 25.5 Å². The number of halogens is 1. The van der Waals surface area contributed by atoms with Crippen molar-refractivity contribution in [3.8, 4) is 0 Å². The first kappa shape index (κ1) is 13.6. The predicted octanol–water partition coefficient (Wildman–Crippen LogP) is 2.12. The smallest absolute Gasteiger partial charge is 0.126 e. The second kappa shape index (κ2) is 6.36. The fourth-order valence-corrected chi connectivity index (χ4v) is 2.33. The van der Waals surface area contributed by atoms with E-state index in [9.17, 15) is 5.11 Å². The van der Waals surface area contributed by atoms with Crippen molar-refractivity contribution in [1.29, 1.82) is 0 Å². The van der Waals surface area contributed by atoms with Crippen molar-refractivity contribution in [3.63, 3.8) is 0 Å². The number of likely N-dealkylation sites (tertiary alicyclic amines) is 1. The molecule has 2 N–H and O–H groups in total. The molecular formula is C13H20ClN3O. The average Bonchev–Trinajstić information content (AvgIpc) is 2.36. The molecule has 5 heteroatoms. The summed E-state index contributed by atoms with van der Waals surface area (Å²) in [4.78, 5) is 6.82. The van der Waals surface area contributed by atoms with Gasteiger partial charge in [-0.05, 0) is 31.9 Å². The maximum atomic E-state index is 9.48. The SMILES string of the molecule is CCNc1ccc(Cl)c(CN2CCC(O)CC2)n1. The molecule has 0 unspecified atom stereocenters. The van der Waals surface area contributed by atoms with Gasteiger partial charge in [-0.2, -0.15) is 0 Å². The number of aromatic nitrogens is 1. The predicted molar refractivity (Wildman–Crippen MR) is 73.9 cm³/mol. The lowest BCUT2D eigenvalue weighted by molar-refractivity contribution is 0.0787. The van der Waals surface area contributed by atoms with Gasteiger partial charge < -0.3 is 10.4 Å². The Hall–Kier alpha value is -0.840. The third-order valence-corrected chi connectivity index (χ3v) is 3.55. The number of pyridine rings is 1. The van der Waals surface area contributed by atoms with Crippen molar-refractivity contribution in [2.45, 2.75) is 32.4 Å². The number of aliphatic hydroxyl groups is 1. The third kappa shape index (κ3) is 3.57. The number of anilines is 1. The summed E-state index contributed by atoms with van der Waals surface area (Å²) in [6, 6.07) is 3.79. The Bertz CT molecular complexity index is 392. The largest absolute Gasteiger partial charge is 0.393 e. The van der Waals surface area contributed by atoms with E-state index in [2.05, 4.69) is 15.2 Å². The molecule has 0 bridgehead atoms. The summed E-state index contributed by atoms with van der Waals surface area (Å²) in [6.45, 7) is 5.46. The maximum absolute atomic E-state index is 9.48. The number of nitrogens with zero attached hydrogens (tertiary/aromatic N) is 2. The highest BCUT2D eigenvalue weighted by atomic mass is 35.5. The average molecular weight is 270 g/mol. The van der Waals surface area contributed by atoms with Gasteiger partial charge in [-0.15, -0.1) is 0 Å². The summed E-state index contributed by atoms with van der Waals surface area (Å²) in [7, 11) is 0. The van der Waals surface area contributed by atoms with E-state index in [1.807, 2.05) is 19.1 Å². The van der Waals surface area contributed by atoms with Crippen LogP contribution in [0.4, 0.5) is 5.82 Å². The molecule has 100 valence electrons. The van der Waals surface area contributed by atoms with Gasteiger partial charge in [-0.1, -0.05) is 11.6 Å². The van der Waals surface area contributed by atoms with Crippen molar-refractivity contribution < 1.29 is 5.11 Å². The van der Waals surface area contributed by atoms with Crippen LogP contribution in [0, 0.1) is 0 Å². The van der Waals surface area contributed by atoms with Gasteiger partial charge in [-0.3, -0.25) is 4.90 Å². The summed E-state index contributed by atoms with van der Waals surface area (Å²) < 4.78 is 0. The Morgan fingerprint density at radius 3 is 2.83 bits per heavy atom. The van der Waals surface area contributed by atoms with E-state index >= 15 is 0 Å². The molecule has 18 heavy (non-hydrogen) atoms. The van der Waals surface area contributed by atoms with Gasteiger partial charge in [0.15, 0.2) is 0 Å². The fourth-order valence-electron chi connectivity index (χ4n) is 2.16. The highest BCUT2D eigenvalue weighted by Crippen LogP contribution is 2.20. The quantitative estimate of drug-likeness (QED) is 0.879. The summed E-state index contributed by atoms with van der Waals surface area (Å²) in [5.74, 6) is 0.869. The summed E-state index contributed by atoms with van der Waals surface area (Å²) in [5, 5.41) is 13.4. The Kier molecular flexibility index (Phi) is 4.80. The Labute approximate surface area is 113 Å². The van der Waals surface area contributed by atoms with E-state index in [4.69, 9.17) is 11.6 Å². The maximum Gasteiger partial charge on any atom is 0.126 e. The minimum absolute atomic E-state index is 0.141. The zero-order valence-electron chi connectivity index (χ0n) is 10.7. The molecule has 0 radical (unpaired) electrons. The normalized spacial score (nSPS) is 17.9. The molecule has 1 aliphatic heterocycles. The first-order chi connectivity index (χ1) is 8.69. The third-order valence-electron chi connectivity index (χ3n) is 3.21. The van der Waals surface area contributed by atoms with E-state index in [1.165, 1.54) is 0 Å². The van der Waals surface area contributed by atoms with Gasteiger partial charge in [0.1, 0.15) is 5.82 Å². The lowest BCUT2D eigenvalue weighted by Crippen LogP contribution is -2.35. The molecule has 1 fully saturated rings. The Balaban J connectivity index is 2.01. The lowest BCUT2D eigenvalue weighted by atomic mass is 10.1. The van der Waals surface area contributed by atoms with E-state index in [0.29, 0.717) is 5.02 Å². The fraction of sp³-hybridized carbons (Fsp3) is 0.615. The molecule has 2 heterocycles. The summed E-state index contributed by atoms with van der Waals surface area (Å²) >= 11 is 6.18. The summed E-state index contributed by atoms with van der Waals surface area (Å²) in [5.41, 5.74) is 0.909.